The first-order valence-electron chi connectivity index (χ1n) is 13.4. The first kappa shape index (κ1) is 46.6. The molecule has 6 nitrogen and oxygen atoms in total. The van der Waals surface area contributed by atoms with Crippen LogP contribution in [0.4, 0.5) is 0 Å². The average Bonchev–Trinajstić information content (AvgIpc) is 2.97. The molecule has 0 fully saturated rings. The number of hydrogen-bond acceptors (Lipinski definition) is 6. The molecule has 10 heteroatoms. The normalized spacial score (nSPS) is 10.1. The van der Waals surface area contributed by atoms with E-state index in [1.807, 2.05) is 39.8 Å². The summed E-state index contributed by atoms with van der Waals surface area (Å²) < 4.78 is 54.5. The van der Waals surface area contributed by atoms with Gasteiger partial charge in [0.25, 0.3) is 0 Å². The minimum atomic E-state index is -3.92. The molecule has 0 aliphatic carbocycles. The molecule has 226 valence electrons. The summed E-state index contributed by atoms with van der Waals surface area (Å²) in [6.45, 7) is 8.00. The van der Waals surface area contributed by atoms with E-state index in [0.29, 0.717) is 12.5 Å². The van der Waals surface area contributed by atoms with Gasteiger partial charge in [-0.1, -0.05) is 161 Å². The van der Waals surface area contributed by atoms with Gasteiger partial charge < -0.3 is 9.11 Å². The summed E-state index contributed by atoms with van der Waals surface area (Å²) in [5.74, 6) is 0. The predicted octanol–water partition coefficient (Wildman–Crippen LogP) is 2.08. The van der Waals surface area contributed by atoms with Gasteiger partial charge in [0, 0.05) is 12.5 Å². The monoisotopic (exact) mass is 654 g/mol. The van der Waals surface area contributed by atoms with E-state index in [1.165, 1.54) is 33.4 Å². The Hall–Kier alpha value is -1.82. The van der Waals surface area contributed by atoms with Crippen molar-refractivity contribution < 1.29 is 85.1 Å². The van der Waals surface area contributed by atoms with E-state index >= 15 is 0 Å². The fraction of sp³-hybridized carbons (Fsp3) is 0.176. The molecule has 0 spiro atoms. The van der Waals surface area contributed by atoms with Crippen LogP contribution in [0.2, 0.25) is 0 Å². The van der Waals surface area contributed by atoms with Crippen molar-refractivity contribution in [2.75, 3.05) is 12.5 Å². The molecule has 0 amide bonds. The summed E-state index contributed by atoms with van der Waals surface area (Å²) in [6, 6.07) is 38.1. The zero-order chi connectivity index (χ0) is 32.0. The molecular weight excluding hydrogens is 614 g/mol. The minimum Gasteiger partial charge on any atom is -0.748 e. The van der Waals surface area contributed by atoms with E-state index in [9.17, 15) is 0 Å². The molecule has 0 N–H and O–H groups in total. The van der Waals surface area contributed by atoms with Crippen LogP contribution < -0.4 is 59.1 Å². The predicted molar refractivity (Wildman–Crippen MR) is 177 cm³/mol. The zero-order valence-corrected chi connectivity index (χ0v) is 32.6. The second-order valence-corrected chi connectivity index (χ2v) is 11.0. The molecule has 0 radical (unpaired) electrons. The smallest absolute Gasteiger partial charge is 0.748 e. The van der Waals surface area contributed by atoms with Gasteiger partial charge in [0.2, 0.25) is 0 Å². The van der Waals surface area contributed by atoms with Crippen molar-refractivity contribution >= 4 is 44.5 Å². The summed E-state index contributed by atoms with van der Waals surface area (Å²) >= 11 is 0. The van der Waals surface area contributed by atoms with Gasteiger partial charge in [-0.15, -0.1) is 0 Å². The van der Waals surface area contributed by atoms with Crippen LogP contribution in [0.15, 0.2) is 109 Å². The van der Waals surface area contributed by atoms with Crippen molar-refractivity contribution in [1.29, 1.82) is 0 Å². The second-order valence-electron chi connectivity index (χ2n) is 8.14. The van der Waals surface area contributed by atoms with Gasteiger partial charge in [-0.25, -0.2) is 16.8 Å². The van der Waals surface area contributed by atoms with E-state index in [2.05, 4.69) is 121 Å². The molecule has 0 saturated heterocycles. The number of benzene rings is 4. The first-order chi connectivity index (χ1) is 19.9. The van der Waals surface area contributed by atoms with E-state index in [4.69, 9.17) is 25.9 Å². The van der Waals surface area contributed by atoms with Gasteiger partial charge in [0.05, 0.1) is 20.2 Å². The fourth-order valence-electron chi connectivity index (χ4n) is 3.09. The Balaban J connectivity index is -0.000000898. The third kappa shape index (κ3) is 26.6. The number of hydrogen-bond donors (Lipinski definition) is 0. The van der Waals surface area contributed by atoms with Gasteiger partial charge in [-0.3, -0.25) is 0 Å². The van der Waals surface area contributed by atoms with Crippen LogP contribution in [0.5, 0.6) is 0 Å². The average molecular weight is 655 g/mol. The van der Waals surface area contributed by atoms with Crippen LogP contribution >= 0.6 is 0 Å². The molecule has 4 aromatic carbocycles. The standard InChI is InChI=1S/C28H22.2C2H6.2CH4O3S.2Na/c1-3-7-23(8-4-1)11-13-25-15-19-27(20-16-25)28-21-17-26(18-22-28)14-12-24-9-5-2-6-10-24;2*1-2;2*1-5(2,3)4;;/h1-22H;2*1-2H3;2*1H3,(H,2,3,4);;/q;;;;;2*+1/p-2/b13-11+,14-12+;;;;;;. The Labute approximate surface area is 309 Å². The van der Waals surface area contributed by atoms with Crippen LogP contribution in [-0.2, 0) is 20.2 Å². The summed E-state index contributed by atoms with van der Waals surface area (Å²) in [5, 5.41) is 0. The van der Waals surface area contributed by atoms with Crippen molar-refractivity contribution in [2.45, 2.75) is 27.7 Å². The Morgan fingerprint density at radius 1 is 0.409 bits per heavy atom. The molecule has 44 heavy (non-hydrogen) atoms. The van der Waals surface area contributed by atoms with Gasteiger partial charge in [-0.05, 0) is 33.4 Å². The Morgan fingerprint density at radius 2 is 0.591 bits per heavy atom. The van der Waals surface area contributed by atoms with Crippen molar-refractivity contribution in [1.82, 2.24) is 0 Å². The minimum absolute atomic E-state index is 0. The van der Waals surface area contributed by atoms with Crippen LogP contribution in [0, 0.1) is 0 Å². The molecule has 0 aliphatic heterocycles. The molecule has 0 bridgehead atoms. The second kappa shape index (κ2) is 26.4. The summed E-state index contributed by atoms with van der Waals surface area (Å²) in [7, 11) is -7.83. The van der Waals surface area contributed by atoms with Crippen LogP contribution in [0.3, 0.4) is 0 Å². The molecule has 4 rings (SSSR count). The van der Waals surface area contributed by atoms with Crippen molar-refractivity contribution in [3.05, 3.63) is 131 Å². The third-order valence-corrected chi connectivity index (χ3v) is 4.69. The third-order valence-electron chi connectivity index (χ3n) is 4.69. The molecule has 0 atom stereocenters. The van der Waals surface area contributed by atoms with Crippen molar-refractivity contribution in [2.24, 2.45) is 0 Å². The van der Waals surface area contributed by atoms with Gasteiger partial charge in [0.1, 0.15) is 0 Å². The van der Waals surface area contributed by atoms with Crippen molar-refractivity contribution in [3.63, 3.8) is 0 Å². The molecular formula is C34H40Na2O6S2. The summed E-state index contributed by atoms with van der Waals surface area (Å²) in [6.07, 6.45) is 9.79. The molecule has 0 heterocycles. The Kier molecular flexibility index (Phi) is 28.0. The first-order valence-corrected chi connectivity index (χ1v) is 17.0. The molecule has 0 saturated carbocycles. The zero-order valence-electron chi connectivity index (χ0n) is 27.0. The topological polar surface area (TPSA) is 114 Å². The maximum Gasteiger partial charge on any atom is 1.00 e. The van der Waals surface area contributed by atoms with E-state index in [-0.39, 0.29) is 59.1 Å². The van der Waals surface area contributed by atoms with E-state index in [1.54, 1.807) is 0 Å². The van der Waals surface area contributed by atoms with E-state index in [0.717, 1.165) is 0 Å². The Morgan fingerprint density at radius 3 is 0.795 bits per heavy atom. The van der Waals surface area contributed by atoms with E-state index < -0.39 is 20.2 Å². The van der Waals surface area contributed by atoms with Crippen LogP contribution in [-0.4, -0.2) is 38.5 Å². The molecule has 0 aromatic heterocycles. The Bertz CT molecular complexity index is 1400. The maximum absolute atomic E-state index is 9.08. The molecule has 0 unspecified atom stereocenters. The molecule has 0 aliphatic rings. The van der Waals surface area contributed by atoms with Crippen LogP contribution in [0.1, 0.15) is 49.9 Å². The number of rotatable bonds is 5. The van der Waals surface area contributed by atoms with Crippen molar-refractivity contribution in [3.8, 4) is 11.1 Å². The van der Waals surface area contributed by atoms with Gasteiger partial charge in [-0.2, -0.15) is 0 Å². The quantitative estimate of drug-likeness (QED) is 0.185. The van der Waals surface area contributed by atoms with Crippen LogP contribution in [0.25, 0.3) is 35.4 Å². The SMILES string of the molecule is C(=C\c1ccc(-c2ccc(/C=C/c3ccccc3)cc2)cc1)/c1ccccc1.CC.CC.CS(=O)(=O)[O-].CS(=O)(=O)[O-].[Na+].[Na+]. The van der Waals surface area contributed by atoms with Gasteiger partial charge >= 0.3 is 59.1 Å². The summed E-state index contributed by atoms with van der Waals surface area (Å²) in [5.41, 5.74) is 7.30. The largest absolute Gasteiger partial charge is 1.00 e. The van der Waals surface area contributed by atoms with Gasteiger partial charge in [0.15, 0.2) is 0 Å². The maximum atomic E-state index is 9.08. The molecule has 4 aromatic rings. The summed E-state index contributed by atoms with van der Waals surface area (Å²) in [4.78, 5) is 0. The fourth-order valence-corrected chi connectivity index (χ4v) is 3.09.